The highest BCUT2D eigenvalue weighted by molar-refractivity contribution is 7.99. The molecular weight excluding hydrogens is 428 g/mol. The standard InChI is InChI=1S/C24H16N2O5S/c27-23-16-5-1-3-7-19(16)31-24(28)22(23)18-13-21(14-9-11-15(12-10-14)26(29)30)32-20-8-4-2-6-17(20)25-18/h1-12,21,27H,13H2. The van der Waals surface area contributed by atoms with Crippen molar-refractivity contribution in [2.45, 2.75) is 16.6 Å². The molecule has 1 aliphatic rings. The highest BCUT2D eigenvalue weighted by Gasteiger charge is 2.27. The fourth-order valence-electron chi connectivity index (χ4n) is 3.75. The van der Waals surface area contributed by atoms with Crippen LogP contribution in [0.15, 0.2) is 91.9 Å². The predicted octanol–water partition coefficient (Wildman–Crippen LogP) is 5.76. The summed E-state index contributed by atoms with van der Waals surface area (Å²) in [6.07, 6.45) is 0.327. The van der Waals surface area contributed by atoms with Gasteiger partial charge in [0, 0.05) is 28.7 Å². The number of thioether (sulfide) groups is 1. The van der Waals surface area contributed by atoms with E-state index in [1.807, 2.05) is 24.3 Å². The minimum atomic E-state index is -0.660. The minimum absolute atomic E-state index is 0.00878. The van der Waals surface area contributed by atoms with Gasteiger partial charge in [-0.25, -0.2) is 4.79 Å². The van der Waals surface area contributed by atoms with Crippen LogP contribution < -0.4 is 5.63 Å². The number of rotatable bonds is 3. The Kier molecular flexibility index (Phi) is 4.99. The number of aromatic hydroxyl groups is 1. The van der Waals surface area contributed by atoms with Gasteiger partial charge in [0.2, 0.25) is 0 Å². The number of benzene rings is 3. The lowest BCUT2D eigenvalue weighted by atomic mass is 10.00. The van der Waals surface area contributed by atoms with E-state index in [0.717, 1.165) is 10.5 Å². The zero-order valence-corrected chi connectivity index (χ0v) is 17.4. The smallest absolute Gasteiger partial charge is 0.349 e. The van der Waals surface area contributed by atoms with Gasteiger partial charge in [0.1, 0.15) is 16.9 Å². The molecule has 4 aromatic rings. The van der Waals surface area contributed by atoms with E-state index < -0.39 is 10.5 Å². The van der Waals surface area contributed by atoms with E-state index in [0.29, 0.717) is 28.8 Å². The SMILES string of the molecule is O=c1oc2ccccc2c(O)c1C1=Nc2ccccc2SC(c2ccc([N+](=O)[O-])cc2)C1. The number of aliphatic imine (C=N–C) groups is 1. The average Bonchev–Trinajstić information content (AvgIpc) is 2.99. The van der Waals surface area contributed by atoms with E-state index in [2.05, 4.69) is 0 Å². The van der Waals surface area contributed by atoms with Crippen LogP contribution in [0.1, 0.15) is 22.8 Å². The summed E-state index contributed by atoms with van der Waals surface area (Å²) in [6, 6.07) is 20.7. The molecule has 0 aliphatic carbocycles. The average molecular weight is 444 g/mol. The van der Waals surface area contributed by atoms with Gasteiger partial charge in [-0.05, 0) is 29.8 Å². The van der Waals surface area contributed by atoms with Crippen LogP contribution in [0, 0.1) is 10.1 Å². The number of nitro groups is 1. The number of hydrogen-bond acceptors (Lipinski definition) is 7. The van der Waals surface area contributed by atoms with E-state index in [9.17, 15) is 20.0 Å². The molecule has 0 fully saturated rings. The van der Waals surface area contributed by atoms with Crippen LogP contribution >= 0.6 is 11.8 Å². The van der Waals surface area contributed by atoms with Crippen molar-refractivity contribution in [3.05, 3.63) is 104 Å². The lowest BCUT2D eigenvalue weighted by molar-refractivity contribution is -0.384. The molecule has 1 unspecified atom stereocenters. The molecule has 0 amide bonds. The van der Waals surface area contributed by atoms with Crippen LogP contribution in [0.5, 0.6) is 5.75 Å². The first-order valence-corrected chi connectivity index (χ1v) is 10.7. The second-order valence-corrected chi connectivity index (χ2v) is 8.54. The van der Waals surface area contributed by atoms with Crippen molar-refractivity contribution < 1.29 is 14.4 Å². The van der Waals surface area contributed by atoms with Gasteiger partial charge in [0.15, 0.2) is 0 Å². The number of non-ortho nitro benzene ring substituents is 1. The third kappa shape index (κ3) is 3.54. The minimum Gasteiger partial charge on any atom is -0.506 e. The van der Waals surface area contributed by atoms with Gasteiger partial charge >= 0.3 is 5.63 Å². The lowest BCUT2D eigenvalue weighted by Crippen LogP contribution is -2.16. The molecule has 1 N–H and O–H groups in total. The topological polar surface area (TPSA) is 106 Å². The number of nitro benzene ring substituents is 1. The molecule has 5 rings (SSSR count). The Hall–Kier alpha value is -3.91. The van der Waals surface area contributed by atoms with Gasteiger partial charge in [-0.2, -0.15) is 0 Å². The second-order valence-electron chi connectivity index (χ2n) is 7.29. The van der Waals surface area contributed by atoms with E-state index in [1.54, 1.807) is 48.2 Å². The van der Waals surface area contributed by atoms with Crippen LogP contribution in [0.25, 0.3) is 11.0 Å². The predicted molar refractivity (Wildman–Crippen MR) is 123 cm³/mol. The normalized spacial score (nSPS) is 15.6. The van der Waals surface area contributed by atoms with Gasteiger partial charge in [0.05, 0.1) is 21.7 Å². The van der Waals surface area contributed by atoms with Crippen molar-refractivity contribution >= 4 is 39.8 Å². The van der Waals surface area contributed by atoms with Crippen molar-refractivity contribution in [3.63, 3.8) is 0 Å². The van der Waals surface area contributed by atoms with Crippen LogP contribution in [0.4, 0.5) is 11.4 Å². The van der Waals surface area contributed by atoms with Gasteiger partial charge in [-0.3, -0.25) is 15.1 Å². The maximum atomic E-state index is 12.9. The second kappa shape index (κ2) is 7.97. The van der Waals surface area contributed by atoms with Crippen molar-refractivity contribution in [1.29, 1.82) is 0 Å². The highest BCUT2D eigenvalue weighted by atomic mass is 32.2. The summed E-state index contributed by atoms with van der Waals surface area (Å²) in [7, 11) is 0. The van der Waals surface area contributed by atoms with Gasteiger partial charge in [-0.15, -0.1) is 11.8 Å². The molecule has 1 aromatic heterocycles. The Morgan fingerprint density at radius 2 is 1.75 bits per heavy atom. The van der Waals surface area contributed by atoms with E-state index in [-0.39, 0.29) is 22.3 Å². The Morgan fingerprint density at radius 3 is 2.53 bits per heavy atom. The summed E-state index contributed by atoms with van der Waals surface area (Å²) >= 11 is 1.56. The van der Waals surface area contributed by atoms with Crippen LogP contribution in [-0.2, 0) is 0 Å². The monoisotopic (exact) mass is 444 g/mol. The molecule has 0 saturated carbocycles. The summed E-state index contributed by atoms with van der Waals surface area (Å²) in [5, 5.41) is 22.2. The Morgan fingerprint density at radius 1 is 1.03 bits per heavy atom. The number of para-hydroxylation sites is 2. The van der Waals surface area contributed by atoms with Crippen molar-refractivity contribution in [1.82, 2.24) is 0 Å². The van der Waals surface area contributed by atoms with E-state index in [4.69, 9.17) is 9.41 Å². The Labute approximate surface area is 186 Å². The van der Waals surface area contributed by atoms with E-state index >= 15 is 0 Å². The first-order chi connectivity index (χ1) is 15.5. The van der Waals surface area contributed by atoms with E-state index in [1.165, 1.54) is 12.1 Å². The van der Waals surface area contributed by atoms with Crippen molar-refractivity contribution in [3.8, 4) is 5.75 Å². The Bertz CT molecular complexity index is 1440. The maximum absolute atomic E-state index is 12.9. The highest BCUT2D eigenvalue weighted by Crippen LogP contribution is 2.46. The fourth-order valence-corrected chi connectivity index (χ4v) is 4.99. The van der Waals surface area contributed by atoms with Crippen LogP contribution in [0.2, 0.25) is 0 Å². The summed E-state index contributed by atoms with van der Waals surface area (Å²) < 4.78 is 5.46. The molecule has 8 heteroatoms. The lowest BCUT2D eigenvalue weighted by Gasteiger charge is -2.16. The van der Waals surface area contributed by atoms with Gasteiger partial charge in [-0.1, -0.05) is 36.4 Å². The maximum Gasteiger partial charge on any atom is 0.349 e. The zero-order valence-electron chi connectivity index (χ0n) is 16.6. The van der Waals surface area contributed by atoms with Gasteiger partial charge in [0.25, 0.3) is 5.69 Å². The number of nitrogens with zero attached hydrogens (tertiary/aromatic N) is 2. The molecule has 2 heterocycles. The molecule has 3 aromatic carbocycles. The summed E-state index contributed by atoms with van der Waals surface area (Å²) in [5.74, 6) is -0.164. The molecule has 0 saturated heterocycles. The van der Waals surface area contributed by atoms with Crippen LogP contribution in [-0.4, -0.2) is 15.7 Å². The molecular formula is C24H16N2O5S. The third-order valence-corrected chi connectivity index (χ3v) is 6.64. The quantitative estimate of drug-likeness (QED) is 0.244. The number of hydrogen-bond donors (Lipinski definition) is 1. The van der Waals surface area contributed by atoms with Gasteiger partial charge < -0.3 is 9.52 Å². The van der Waals surface area contributed by atoms with Crippen LogP contribution in [0.3, 0.4) is 0 Å². The fraction of sp³-hybridized carbons (Fsp3) is 0.0833. The molecule has 7 nitrogen and oxygen atoms in total. The first-order valence-electron chi connectivity index (χ1n) is 9.84. The summed E-state index contributed by atoms with van der Waals surface area (Å²) in [4.78, 5) is 29.1. The largest absolute Gasteiger partial charge is 0.506 e. The summed E-state index contributed by atoms with van der Waals surface area (Å²) in [5.41, 5.74) is 1.63. The summed E-state index contributed by atoms with van der Waals surface area (Å²) in [6.45, 7) is 0. The molecule has 158 valence electrons. The van der Waals surface area contributed by atoms with Crippen molar-refractivity contribution in [2.24, 2.45) is 4.99 Å². The molecule has 0 bridgehead atoms. The molecule has 32 heavy (non-hydrogen) atoms. The molecule has 0 radical (unpaired) electrons. The third-order valence-electron chi connectivity index (χ3n) is 5.32. The molecule has 1 aliphatic heterocycles. The molecule has 0 spiro atoms. The first kappa shape index (κ1) is 20.0. The molecule has 1 atom stereocenters. The number of fused-ring (bicyclic) bond motifs is 2. The Balaban J connectivity index is 1.66. The van der Waals surface area contributed by atoms with Crippen molar-refractivity contribution in [2.75, 3.05) is 0 Å². The zero-order chi connectivity index (χ0) is 22.2.